The van der Waals surface area contributed by atoms with E-state index < -0.39 is 5.97 Å². The lowest BCUT2D eigenvalue weighted by Gasteiger charge is -2.07. The first kappa shape index (κ1) is 15.1. The van der Waals surface area contributed by atoms with Crippen molar-refractivity contribution in [3.8, 4) is 5.75 Å². The summed E-state index contributed by atoms with van der Waals surface area (Å²) in [5.41, 5.74) is 3.65. The highest BCUT2D eigenvalue weighted by Gasteiger charge is 2.23. The fourth-order valence-electron chi connectivity index (χ4n) is 2.74. The van der Waals surface area contributed by atoms with Gasteiger partial charge in [0.05, 0.1) is 5.71 Å². The highest BCUT2D eigenvalue weighted by atomic mass is 16.5. The summed E-state index contributed by atoms with van der Waals surface area (Å²) in [7, 11) is 0. The first-order valence-corrected chi connectivity index (χ1v) is 8.04. The number of nitrogens with zero attached hydrogens (tertiary/aromatic N) is 1. The molecule has 0 aromatic heterocycles. The second-order valence-corrected chi connectivity index (χ2v) is 5.65. The van der Waals surface area contributed by atoms with E-state index in [1.54, 1.807) is 12.1 Å². The Balaban J connectivity index is 1.91. The lowest BCUT2D eigenvalue weighted by Crippen LogP contribution is -2.08. The average molecular weight is 325 g/mol. The van der Waals surface area contributed by atoms with Gasteiger partial charge in [0.1, 0.15) is 11.4 Å². The average Bonchev–Trinajstić information content (AvgIpc) is 2.80. The van der Waals surface area contributed by atoms with Crippen LogP contribution >= 0.6 is 0 Å². The third-order valence-electron chi connectivity index (χ3n) is 3.94. The van der Waals surface area contributed by atoms with E-state index in [2.05, 4.69) is 4.99 Å². The molecule has 0 saturated carbocycles. The Kier molecular flexibility index (Phi) is 3.97. The Morgan fingerprint density at radius 3 is 2.16 bits per heavy atom. The van der Waals surface area contributed by atoms with Gasteiger partial charge >= 0.3 is 5.97 Å². The predicted octanol–water partition coefficient (Wildman–Crippen LogP) is 4.48. The Labute approximate surface area is 145 Å². The molecule has 4 rings (SSSR count). The molecule has 3 heteroatoms. The summed E-state index contributed by atoms with van der Waals surface area (Å²) >= 11 is 0. The predicted molar refractivity (Wildman–Crippen MR) is 98.6 cm³/mol. The molecule has 0 aliphatic carbocycles. The molecule has 120 valence electrons. The Morgan fingerprint density at radius 1 is 0.760 bits per heavy atom. The summed E-state index contributed by atoms with van der Waals surface area (Å²) in [6.45, 7) is 0. The van der Waals surface area contributed by atoms with Crippen LogP contribution in [0, 0.1) is 0 Å². The van der Waals surface area contributed by atoms with Gasteiger partial charge in [-0.3, -0.25) is 0 Å². The molecule has 0 spiro atoms. The number of esters is 1. The number of hydrogen-bond donors (Lipinski definition) is 0. The van der Waals surface area contributed by atoms with Crippen molar-refractivity contribution in [2.75, 3.05) is 0 Å². The smallest absolute Gasteiger partial charge is 0.362 e. The number of carbonyl (C=O) groups is 1. The first-order chi connectivity index (χ1) is 12.3. The summed E-state index contributed by atoms with van der Waals surface area (Å²) in [4.78, 5) is 17.2. The third-order valence-corrected chi connectivity index (χ3v) is 3.94. The molecule has 3 nitrogen and oxygen atoms in total. The van der Waals surface area contributed by atoms with E-state index in [0.717, 1.165) is 22.4 Å². The quantitative estimate of drug-likeness (QED) is 0.396. The largest absolute Gasteiger partial charge is 0.421 e. The third kappa shape index (κ3) is 3.12. The van der Waals surface area contributed by atoms with Crippen molar-refractivity contribution in [1.82, 2.24) is 0 Å². The number of hydrogen-bond acceptors (Lipinski definition) is 3. The van der Waals surface area contributed by atoms with E-state index in [9.17, 15) is 4.79 Å². The van der Waals surface area contributed by atoms with Crippen LogP contribution in [-0.2, 0) is 4.79 Å². The molecular formula is C22H15NO2. The molecule has 1 aliphatic rings. The van der Waals surface area contributed by atoms with Crippen LogP contribution in [0.1, 0.15) is 16.7 Å². The van der Waals surface area contributed by atoms with Gasteiger partial charge < -0.3 is 4.74 Å². The molecule has 0 unspecified atom stereocenters. The van der Waals surface area contributed by atoms with Crippen molar-refractivity contribution in [2.24, 2.45) is 4.99 Å². The van der Waals surface area contributed by atoms with E-state index in [4.69, 9.17) is 4.74 Å². The Bertz CT molecular complexity index is 973. The molecule has 3 aromatic rings. The maximum atomic E-state index is 12.6. The minimum absolute atomic E-state index is 0.279. The number of carbonyl (C=O) groups excluding carboxylic acids is 1. The maximum absolute atomic E-state index is 12.6. The van der Waals surface area contributed by atoms with Crippen LogP contribution < -0.4 is 4.74 Å². The molecule has 0 atom stereocenters. The van der Waals surface area contributed by atoms with Gasteiger partial charge in [0.15, 0.2) is 0 Å². The Hall–Kier alpha value is -3.46. The molecule has 25 heavy (non-hydrogen) atoms. The van der Waals surface area contributed by atoms with Crippen LogP contribution in [0.25, 0.3) is 6.08 Å². The summed E-state index contributed by atoms with van der Waals surface area (Å²) in [5.74, 6) is 0.0637. The van der Waals surface area contributed by atoms with Gasteiger partial charge in [0.2, 0.25) is 0 Å². The normalized spacial score (nSPS) is 15.1. The van der Waals surface area contributed by atoms with Gasteiger partial charge in [-0.2, -0.15) is 0 Å². The Morgan fingerprint density at radius 2 is 1.40 bits per heavy atom. The zero-order valence-electron chi connectivity index (χ0n) is 13.4. The molecule has 0 bridgehead atoms. The van der Waals surface area contributed by atoms with Crippen LogP contribution in [-0.4, -0.2) is 11.7 Å². The molecule has 1 heterocycles. The van der Waals surface area contributed by atoms with E-state index in [1.807, 2.05) is 78.9 Å². The summed E-state index contributed by atoms with van der Waals surface area (Å²) in [5, 5.41) is 0. The highest BCUT2D eigenvalue weighted by Crippen LogP contribution is 2.28. The van der Waals surface area contributed by atoms with Crippen LogP contribution in [0.3, 0.4) is 0 Å². The SMILES string of the molecule is O=C1Oc2ccccc2C(c2ccccc2)=N/C1=C\c1ccccc1. The number of ether oxygens (including phenoxy) is 1. The zero-order valence-corrected chi connectivity index (χ0v) is 13.4. The van der Waals surface area contributed by atoms with Crippen molar-refractivity contribution < 1.29 is 9.53 Å². The second-order valence-electron chi connectivity index (χ2n) is 5.65. The second kappa shape index (κ2) is 6.57. The first-order valence-electron chi connectivity index (χ1n) is 8.04. The van der Waals surface area contributed by atoms with Gasteiger partial charge in [-0.1, -0.05) is 72.8 Å². The van der Waals surface area contributed by atoms with Crippen LogP contribution in [0.5, 0.6) is 5.75 Å². The fraction of sp³-hybridized carbons (Fsp3) is 0. The van der Waals surface area contributed by atoms with Crippen LogP contribution in [0.2, 0.25) is 0 Å². The van der Waals surface area contributed by atoms with Gasteiger partial charge in [-0.15, -0.1) is 0 Å². The van der Waals surface area contributed by atoms with Crippen molar-refractivity contribution in [3.63, 3.8) is 0 Å². The zero-order chi connectivity index (χ0) is 17.1. The minimum Gasteiger partial charge on any atom is -0.421 e. The lowest BCUT2D eigenvalue weighted by atomic mass is 10.0. The van der Waals surface area contributed by atoms with Gasteiger partial charge in [0, 0.05) is 11.1 Å². The van der Waals surface area contributed by atoms with Crippen molar-refractivity contribution in [3.05, 3.63) is 107 Å². The standard InChI is InChI=1S/C22H15NO2/c24-22-19(15-16-9-3-1-4-10-16)23-21(17-11-5-2-6-12-17)18-13-7-8-14-20(18)25-22/h1-15H/b19-15-. The number of rotatable bonds is 2. The van der Waals surface area contributed by atoms with E-state index in [-0.39, 0.29) is 5.70 Å². The van der Waals surface area contributed by atoms with Crippen molar-refractivity contribution in [2.45, 2.75) is 0 Å². The molecule has 3 aromatic carbocycles. The van der Waals surface area contributed by atoms with Crippen LogP contribution in [0.15, 0.2) is 95.6 Å². The van der Waals surface area contributed by atoms with E-state index in [1.165, 1.54) is 0 Å². The van der Waals surface area contributed by atoms with E-state index >= 15 is 0 Å². The van der Waals surface area contributed by atoms with Crippen LogP contribution in [0.4, 0.5) is 0 Å². The lowest BCUT2D eigenvalue weighted by molar-refractivity contribution is -0.130. The van der Waals surface area contributed by atoms with Crippen molar-refractivity contribution >= 4 is 17.8 Å². The van der Waals surface area contributed by atoms with Gasteiger partial charge in [-0.25, -0.2) is 9.79 Å². The van der Waals surface area contributed by atoms with E-state index in [0.29, 0.717) is 5.75 Å². The number of para-hydroxylation sites is 1. The fourth-order valence-corrected chi connectivity index (χ4v) is 2.74. The highest BCUT2D eigenvalue weighted by molar-refractivity contribution is 6.18. The summed E-state index contributed by atoms with van der Waals surface area (Å²) < 4.78 is 5.57. The maximum Gasteiger partial charge on any atom is 0.362 e. The topological polar surface area (TPSA) is 38.7 Å². The molecular weight excluding hydrogens is 310 g/mol. The molecule has 1 aliphatic heterocycles. The molecule has 0 N–H and O–H groups in total. The molecule has 0 fully saturated rings. The molecule has 0 amide bonds. The van der Waals surface area contributed by atoms with Gasteiger partial charge in [0.25, 0.3) is 0 Å². The van der Waals surface area contributed by atoms with Crippen molar-refractivity contribution in [1.29, 1.82) is 0 Å². The summed E-state index contributed by atoms with van der Waals surface area (Å²) in [6, 6.07) is 26.9. The number of benzene rings is 3. The molecule has 0 saturated heterocycles. The number of aliphatic imine (C=N–C) groups is 1. The summed E-state index contributed by atoms with van der Waals surface area (Å²) in [6.07, 6.45) is 1.75. The van der Waals surface area contributed by atoms with Gasteiger partial charge in [-0.05, 0) is 23.8 Å². The number of fused-ring (bicyclic) bond motifs is 1. The molecule has 0 radical (unpaired) electrons. The monoisotopic (exact) mass is 325 g/mol. The minimum atomic E-state index is -0.456.